The van der Waals surface area contributed by atoms with Gasteiger partial charge in [-0.25, -0.2) is 8.78 Å². The number of carbonyl (C=O) groups excluding carboxylic acids is 1. The molecule has 0 bridgehead atoms. The van der Waals surface area contributed by atoms with Gasteiger partial charge in [-0.3, -0.25) is 14.6 Å². The number of aromatic nitrogens is 2. The zero-order valence-corrected chi connectivity index (χ0v) is 22.6. The molecule has 7 nitrogen and oxygen atoms in total. The first-order valence-electron chi connectivity index (χ1n) is 12.7. The summed E-state index contributed by atoms with van der Waals surface area (Å²) in [7, 11) is 3.00. The molecule has 0 aliphatic carbocycles. The maximum atomic E-state index is 15.2. The normalized spacial score (nSPS) is 11.0. The van der Waals surface area contributed by atoms with Gasteiger partial charge < -0.3 is 19.2 Å². The first-order chi connectivity index (χ1) is 19.8. The van der Waals surface area contributed by atoms with E-state index >= 15 is 4.39 Å². The summed E-state index contributed by atoms with van der Waals surface area (Å²) in [6, 6.07) is 16.6. The number of aryl methyl sites for hydroxylation is 1. The molecule has 0 aliphatic rings. The van der Waals surface area contributed by atoms with Gasteiger partial charge in [-0.1, -0.05) is 18.2 Å². The zero-order chi connectivity index (χ0) is 29.1. The molecule has 41 heavy (non-hydrogen) atoms. The van der Waals surface area contributed by atoms with Crippen LogP contribution in [0.25, 0.3) is 22.0 Å². The second-order valence-electron chi connectivity index (χ2n) is 9.41. The van der Waals surface area contributed by atoms with Crippen molar-refractivity contribution < 1.29 is 27.8 Å². The Bertz CT molecular complexity index is 1820. The van der Waals surface area contributed by atoms with Gasteiger partial charge in [0.25, 0.3) is 0 Å². The van der Waals surface area contributed by atoms with Gasteiger partial charge in [0, 0.05) is 36.4 Å². The standard InChI is InChI=1S/C32H26F2N2O5/c1-18-30(20-5-7-21(33)8-6-20)32(38)31(26(36-18)17-39-2)27(37)15-19-4-11-29(24(34)14-19)41-28-12-13-35-25-10-9-22(40-3)16-23(25)28/h4-14,16H,15,17H2,1-3H3,(H,36,38). The van der Waals surface area contributed by atoms with Crippen molar-refractivity contribution in [2.75, 3.05) is 14.2 Å². The lowest BCUT2D eigenvalue weighted by Crippen LogP contribution is -2.24. The summed E-state index contributed by atoms with van der Waals surface area (Å²) >= 11 is 0. The number of nitrogens with zero attached hydrogens (tertiary/aromatic N) is 1. The third-order valence-electron chi connectivity index (χ3n) is 6.66. The van der Waals surface area contributed by atoms with Crippen LogP contribution in [0.4, 0.5) is 8.78 Å². The van der Waals surface area contributed by atoms with E-state index < -0.39 is 22.8 Å². The molecule has 1 N–H and O–H groups in total. The van der Waals surface area contributed by atoms with Crippen LogP contribution in [0.15, 0.2) is 77.7 Å². The minimum atomic E-state index is -0.676. The summed E-state index contributed by atoms with van der Waals surface area (Å²) < 4.78 is 45.1. The molecule has 5 aromatic rings. The second kappa shape index (κ2) is 11.7. The van der Waals surface area contributed by atoms with Crippen molar-refractivity contribution in [3.8, 4) is 28.4 Å². The van der Waals surface area contributed by atoms with Crippen LogP contribution in [0.3, 0.4) is 0 Å². The molecule has 0 saturated heterocycles. The van der Waals surface area contributed by atoms with E-state index in [0.29, 0.717) is 44.9 Å². The lowest BCUT2D eigenvalue weighted by atomic mass is 9.95. The SMILES string of the molecule is COCc1[nH]c(C)c(-c2ccc(F)cc2)c(=O)c1C(=O)Cc1ccc(Oc2ccnc3ccc(OC)cc23)c(F)c1. The minimum absolute atomic E-state index is 0.00728. The molecule has 9 heteroatoms. The maximum absolute atomic E-state index is 15.2. The molecular weight excluding hydrogens is 530 g/mol. The van der Waals surface area contributed by atoms with Gasteiger partial charge in [0.05, 0.1) is 30.5 Å². The number of aromatic amines is 1. The van der Waals surface area contributed by atoms with Gasteiger partial charge in [-0.15, -0.1) is 0 Å². The van der Waals surface area contributed by atoms with Crippen LogP contribution in [0.1, 0.15) is 27.3 Å². The Hall–Kier alpha value is -4.89. The number of Topliss-reactive ketones (excluding diaryl/α,β-unsaturated/α-hetero) is 1. The third kappa shape index (κ3) is 5.71. The summed E-state index contributed by atoms with van der Waals surface area (Å²) in [5, 5.41) is 0.645. The highest BCUT2D eigenvalue weighted by atomic mass is 19.1. The quantitative estimate of drug-likeness (QED) is 0.207. The number of ether oxygens (including phenoxy) is 3. The van der Waals surface area contributed by atoms with Crippen LogP contribution in [-0.2, 0) is 17.8 Å². The number of nitrogens with one attached hydrogen (secondary N) is 1. The largest absolute Gasteiger partial charge is 0.497 e. The number of carbonyl (C=O) groups is 1. The van der Waals surface area contributed by atoms with Crippen LogP contribution >= 0.6 is 0 Å². The van der Waals surface area contributed by atoms with Crippen molar-refractivity contribution in [1.82, 2.24) is 9.97 Å². The highest BCUT2D eigenvalue weighted by Crippen LogP contribution is 2.33. The van der Waals surface area contributed by atoms with Gasteiger partial charge in [-0.05, 0) is 66.6 Å². The number of hydrogen-bond donors (Lipinski definition) is 1. The number of pyridine rings is 2. The molecule has 3 aromatic carbocycles. The number of H-pyrrole nitrogens is 1. The molecule has 0 saturated carbocycles. The van der Waals surface area contributed by atoms with Crippen molar-refractivity contribution in [3.05, 3.63) is 117 Å². The molecule has 2 aromatic heterocycles. The monoisotopic (exact) mass is 556 g/mol. The van der Waals surface area contributed by atoms with Crippen molar-refractivity contribution >= 4 is 16.7 Å². The molecule has 208 valence electrons. The smallest absolute Gasteiger partial charge is 0.200 e. The fourth-order valence-corrected chi connectivity index (χ4v) is 4.74. The fraction of sp³-hybridized carbons (Fsp3) is 0.156. The Labute approximate surface area is 234 Å². The van der Waals surface area contributed by atoms with Crippen LogP contribution in [-0.4, -0.2) is 30.0 Å². The lowest BCUT2D eigenvalue weighted by Gasteiger charge is -2.14. The van der Waals surface area contributed by atoms with Crippen LogP contribution in [0.5, 0.6) is 17.2 Å². The molecular formula is C32H26F2N2O5. The van der Waals surface area contributed by atoms with E-state index in [1.54, 1.807) is 50.6 Å². The highest BCUT2D eigenvalue weighted by Gasteiger charge is 2.23. The van der Waals surface area contributed by atoms with Crippen LogP contribution < -0.4 is 14.9 Å². The Morgan fingerprint density at radius 2 is 1.73 bits per heavy atom. The third-order valence-corrected chi connectivity index (χ3v) is 6.66. The van der Waals surface area contributed by atoms with Gasteiger partial charge in [0.15, 0.2) is 17.3 Å². The predicted molar refractivity (Wildman–Crippen MR) is 151 cm³/mol. The number of hydrogen-bond acceptors (Lipinski definition) is 6. The van der Waals surface area contributed by atoms with Gasteiger partial charge in [0.2, 0.25) is 5.43 Å². The summed E-state index contributed by atoms with van der Waals surface area (Å²) in [4.78, 5) is 34.4. The van der Waals surface area contributed by atoms with Gasteiger partial charge in [-0.2, -0.15) is 0 Å². The number of rotatable bonds is 9. The van der Waals surface area contributed by atoms with E-state index in [4.69, 9.17) is 14.2 Å². The summed E-state index contributed by atoms with van der Waals surface area (Å²) in [6.45, 7) is 1.69. The molecule has 0 aliphatic heterocycles. The molecule has 0 spiro atoms. The van der Waals surface area contributed by atoms with E-state index in [2.05, 4.69) is 9.97 Å². The molecule has 2 heterocycles. The van der Waals surface area contributed by atoms with E-state index in [1.165, 1.54) is 43.5 Å². The molecule has 0 amide bonds. The second-order valence-corrected chi connectivity index (χ2v) is 9.41. The van der Waals surface area contributed by atoms with Crippen molar-refractivity contribution in [2.24, 2.45) is 0 Å². The first-order valence-corrected chi connectivity index (χ1v) is 12.7. The Morgan fingerprint density at radius 3 is 2.44 bits per heavy atom. The number of fused-ring (bicyclic) bond motifs is 1. The van der Waals surface area contributed by atoms with Crippen molar-refractivity contribution in [2.45, 2.75) is 20.0 Å². The lowest BCUT2D eigenvalue weighted by molar-refractivity contribution is 0.0986. The van der Waals surface area contributed by atoms with Gasteiger partial charge >= 0.3 is 0 Å². The number of benzene rings is 3. The molecule has 0 radical (unpaired) electrons. The van der Waals surface area contributed by atoms with E-state index in [0.717, 1.165) is 0 Å². The van der Waals surface area contributed by atoms with E-state index in [1.807, 2.05) is 0 Å². The van der Waals surface area contributed by atoms with Crippen molar-refractivity contribution in [3.63, 3.8) is 0 Å². The average molecular weight is 557 g/mol. The maximum Gasteiger partial charge on any atom is 0.200 e. The van der Waals surface area contributed by atoms with Crippen LogP contribution in [0.2, 0.25) is 0 Å². The van der Waals surface area contributed by atoms with E-state index in [9.17, 15) is 14.0 Å². The van der Waals surface area contributed by atoms with Crippen LogP contribution in [0, 0.1) is 18.6 Å². The first kappa shape index (κ1) is 27.7. The van der Waals surface area contributed by atoms with E-state index in [-0.39, 0.29) is 29.9 Å². The molecule has 0 fully saturated rings. The van der Waals surface area contributed by atoms with Crippen molar-refractivity contribution in [1.29, 1.82) is 0 Å². The fourth-order valence-electron chi connectivity index (χ4n) is 4.74. The highest BCUT2D eigenvalue weighted by molar-refractivity contribution is 5.99. The molecule has 0 unspecified atom stereocenters. The number of methoxy groups -OCH3 is 2. The Balaban J connectivity index is 1.45. The predicted octanol–water partition coefficient (Wildman–Crippen LogP) is 6.55. The van der Waals surface area contributed by atoms with Gasteiger partial charge in [0.1, 0.15) is 17.3 Å². The summed E-state index contributed by atoms with van der Waals surface area (Å²) in [6.07, 6.45) is 1.32. The number of ketones is 1. The topological polar surface area (TPSA) is 90.5 Å². The summed E-state index contributed by atoms with van der Waals surface area (Å²) in [5.41, 5.74) is 1.96. The molecule has 0 atom stereocenters. The zero-order valence-electron chi connectivity index (χ0n) is 22.6. The Kier molecular flexibility index (Phi) is 7.89. The Morgan fingerprint density at radius 1 is 0.951 bits per heavy atom. The molecule has 5 rings (SSSR count). The number of halogens is 2. The summed E-state index contributed by atoms with van der Waals surface area (Å²) in [5.74, 6) is -0.677. The average Bonchev–Trinajstić information content (AvgIpc) is 2.95. The minimum Gasteiger partial charge on any atom is -0.497 e.